The monoisotopic (exact) mass is 466 g/mol. The number of benzene rings is 3. The molecule has 3 aromatic carbocycles. The van der Waals surface area contributed by atoms with E-state index in [1.54, 1.807) is 12.3 Å². The van der Waals surface area contributed by atoms with Gasteiger partial charge in [0, 0.05) is 33.2 Å². The van der Waals surface area contributed by atoms with Gasteiger partial charge in [0.05, 0.1) is 17.1 Å². The lowest BCUT2D eigenvalue weighted by Crippen LogP contribution is -2.20. The summed E-state index contributed by atoms with van der Waals surface area (Å²) in [6.45, 7) is 6.14. The lowest BCUT2D eigenvalue weighted by Gasteiger charge is -2.13. The highest BCUT2D eigenvalue weighted by Gasteiger charge is 2.14. The van der Waals surface area contributed by atoms with Crippen molar-refractivity contribution in [2.45, 2.75) is 20.8 Å². The summed E-state index contributed by atoms with van der Waals surface area (Å²) in [5, 5.41) is 5.84. The van der Waals surface area contributed by atoms with Crippen molar-refractivity contribution >= 4 is 28.7 Å². The summed E-state index contributed by atoms with van der Waals surface area (Å²) < 4.78 is 3.54. The molecule has 34 heavy (non-hydrogen) atoms. The molecule has 5 nitrogen and oxygen atoms in total. The molecular formula is C28H23ClN4O. The smallest absolute Gasteiger partial charge is 0.282 e. The van der Waals surface area contributed by atoms with Crippen LogP contribution >= 0.6 is 11.6 Å². The second-order valence-electron chi connectivity index (χ2n) is 8.27. The molecule has 0 bridgehead atoms. The zero-order chi connectivity index (χ0) is 23.8. The van der Waals surface area contributed by atoms with Crippen molar-refractivity contribution in [1.82, 2.24) is 14.2 Å². The first kappa shape index (κ1) is 21.9. The van der Waals surface area contributed by atoms with E-state index in [0.29, 0.717) is 21.7 Å². The van der Waals surface area contributed by atoms with E-state index < -0.39 is 0 Å². The van der Waals surface area contributed by atoms with Gasteiger partial charge in [-0.3, -0.25) is 4.79 Å². The highest BCUT2D eigenvalue weighted by Crippen LogP contribution is 2.25. The van der Waals surface area contributed by atoms with Gasteiger partial charge in [-0.05, 0) is 56.7 Å². The van der Waals surface area contributed by atoms with Crippen LogP contribution in [-0.2, 0) is 0 Å². The molecule has 0 fully saturated rings. The number of halogens is 1. The van der Waals surface area contributed by atoms with Gasteiger partial charge in [0.15, 0.2) is 5.82 Å². The Balaban J connectivity index is 1.67. The molecule has 0 saturated heterocycles. The molecule has 0 amide bonds. The van der Waals surface area contributed by atoms with Crippen LogP contribution in [0.2, 0.25) is 5.02 Å². The molecule has 0 N–H and O–H groups in total. The van der Waals surface area contributed by atoms with Crippen LogP contribution in [0.15, 0.2) is 88.8 Å². The molecule has 0 aliphatic carbocycles. The molecule has 0 spiro atoms. The lowest BCUT2D eigenvalue weighted by molar-refractivity contribution is 0.829. The second kappa shape index (κ2) is 8.76. The molecule has 5 aromatic rings. The fourth-order valence-electron chi connectivity index (χ4n) is 4.24. The number of fused-ring (bicyclic) bond motifs is 1. The number of aryl methyl sites for hydroxylation is 2. The average Bonchev–Trinajstić information content (AvgIpc) is 3.13. The third kappa shape index (κ3) is 3.84. The minimum Gasteiger partial charge on any atom is -0.318 e. The first-order valence-corrected chi connectivity index (χ1v) is 11.4. The van der Waals surface area contributed by atoms with E-state index in [9.17, 15) is 4.79 Å². The molecule has 0 radical (unpaired) electrons. The van der Waals surface area contributed by atoms with Crippen LogP contribution in [0, 0.1) is 20.8 Å². The van der Waals surface area contributed by atoms with Crippen molar-refractivity contribution < 1.29 is 0 Å². The van der Waals surface area contributed by atoms with Crippen LogP contribution in [-0.4, -0.2) is 20.4 Å². The molecule has 168 valence electrons. The minimum atomic E-state index is -0.208. The maximum absolute atomic E-state index is 13.4. The van der Waals surface area contributed by atoms with Crippen LogP contribution in [0.4, 0.5) is 0 Å². The number of nitrogens with zero attached hydrogens (tertiary/aromatic N) is 4. The van der Waals surface area contributed by atoms with Crippen LogP contribution < -0.4 is 5.56 Å². The van der Waals surface area contributed by atoms with E-state index in [4.69, 9.17) is 16.6 Å². The Kier molecular flexibility index (Phi) is 5.64. The highest BCUT2D eigenvalue weighted by atomic mass is 35.5. The summed E-state index contributed by atoms with van der Waals surface area (Å²) in [4.78, 5) is 18.2. The summed E-state index contributed by atoms with van der Waals surface area (Å²) in [5.41, 5.74) is 6.38. The third-order valence-corrected chi connectivity index (χ3v) is 6.22. The Hall–Kier alpha value is -3.96. The van der Waals surface area contributed by atoms with Crippen molar-refractivity contribution in [3.05, 3.63) is 117 Å². The van der Waals surface area contributed by atoms with Gasteiger partial charge in [0.2, 0.25) is 0 Å². The highest BCUT2D eigenvalue weighted by molar-refractivity contribution is 6.30. The Morgan fingerprint density at radius 3 is 2.44 bits per heavy atom. The Labute approximate surface area is 202 Å². The summed E-state index contributed by atoms with van der Waals surface area (Å²) in [7, 11) is 0. The van der Waals surface area contributed by atoms with Gasteiger partial charge in [-0.25, -0.2) is 4.98 Å². The van der Waals surface area contributed by atoms with Gasteiger partial charge in [0.1, 0.15) is 0 Å². The normalized spacial score (nSPS) is 11.5. The standard InChI is InChI=1S/C28H23ClN4O/c1-18-13-14-23(29)16-26(18)32-19(2)15-22(20(32)3)17-30-33-27(21-9-5-4-6-10-21)31-25-12-8-7-11-24(25)28(33)34/h4-17H,1-3H3. The SMILES string of the molecule is Cc1ccc(Cl)cc1-n1c(C)cc(C=Nn2c(-c3ccccc3)nc3ccccc3c2=O)c1C. The number of rotatable bonds is 4. The molecule has 0 aliphatic heterocycles. The van der Waals surface area contributed by atoms with Gasteiger partial charge in [0.25, 0.3) is 5.56 Å². The zero-order valence-electron chi connectivity index (χ0n) is 19.2. The summed E-state index contributed by atoms with van der Waals surface area (Å²) in [6.07, 6.45) is 1.73. The van der Waals surface area contributed by atoms with E-state index >= 15 is 0 Å². The third-order valence-electron chi connectivity index (χ3n) is 5.98. The topological polar surface area (TPSA) is 52.2 Å². The lowest BCUT2D eigenvalue weighted by atomic mass is 10.2. The largest absolute Gasteiger partial charge is 0.318 e. The fraction of sp³-hybridized carbons (Fsp3) is 0.107. The van der Waals surface area contributed by atoms with Crippen LogP contribution in [0.5, 0.6) is 0 Å². The number of hydrogen-bond acceptors (Lipinski definition) is 3. The maximum Gasteiger partial charge on any atom is 0.282 e. The first-order valence-electron chi connectivity index (χ1n) is 11.0. The number of para-hydroxylation sites is 1. The van der Waals surface area contributed by atoms with E-state index in [0.717, 1.165) is 33.8 Å². The summed E-state index contributed by atoms with van der Waals surface area (Å²) in [5.74, 6) is 0.500. The Bertz CT molecular complexity index is 1610. The van der Waals surface area contributed by atoms with Crippen LogP contribution in [0.25, 0.3) is 28.0 Å². The van der Waals surface area contributed by atoms with E-state index in [-0.39, 0.29) is 5.56 Å². The van der Waals surface area contributed by atoms with Gasteiger partial charge < -0.3 is 4.57 Å². The number of aromatic nitrogens is 3. The van der Waals surface area contributed by atoms with Crippen LogP contribution in [0.1, 0.15) is 22.5 Å². The molecule has 0 saturated carbocycles. The van der Waals surface area contributed by atoms with Crippen molar-refractivity contribution in [2.24, 2.45) is 5.10 Å². The molecule has 6 heteroatoms. The summed E-state index contributed by atoms with van der Waals surface area (Å²) in [6, 6.07) is 24.9. The van der Waals surface area contributed by atoms with E-state index in [1.807, 2.05) is 80.6 Å². The Morgan fingerprint density at radius 2 is 1.65 bits per heavy atom. The van der Waals surface area contributed by atoms with Crippen molar-refractivity contribution in [3.63, 3.8) is 0 Å². The zero-order valence-corrected chi connectivity index (χ0v) is 19.9. The predicted molar refractivity (Wildman–Crippen MR) is 139 cm³/mol. The molecular weight excluding hydrogens is 444 g/mol. The molecule has 2 aromatic heterocycles. The molecule has 5 rings (SSSR count). The van der Waals surface area contributed by atoms with Crippen molar-refractivity contribution in [2.75, 3.05) is 0 Å². The first-order chi connectivity index (χ1) is 16.4. The molecule has 0 unspecified atom stereocenters. The molecule has 2 heterocycles. The second-order valence-corrected chi connectivity index (χ2v) is 8.71. The Morgan fingerprint density at radius 1 is 0.912 bits per heavy atom. The minimum absolute atomic E-state index is 0.208. The molecule has 0 aliphatic rings. The average molecular weight is 467 g/mol. The molecule has 0 atom stereocenters. The van der Waals surface area contributed by atoms with Crippen LogP contribution in [0.3, 0.4) is 0 Å². The van der Waals surface area contributed by atoms with E-state index in [1.165, 1.54) is 4.68 Å². The number of hydrogen-bond donors (Lipinski definition) is 0. The van der Waals surface area contributed by atoms with E-state index in [2.05, 4.69) is 22.7 Å². The van der Waals surface area contributed by atoms with Gasteiger partial charge >= 0.3 is 0 Å². The fourth-order valence-corrected chi connectivity index (χ4v) is 4.40. The van der Waals surface area contributed by atoms with Gasteiger partial charge in [-0.15, -0.1) is 0 Å². The van der Waals surface area contributed by atoms with Crippen molar-refractivity contribution in [3.8, 4) is 17.1 Å². The maximum atomic E-state index is 13.4. The van der Waals surface area contributed by atoms with Gasteiger partial charge in [-0.1, -0.05) is 60.1 Å². The summed E-state index contributed by atoms with van der Waals surface area (Å²) >= 11 is 6.28. The quantitative estimate of drug-likeness (QED) is 0.291. The van der Waals surface area contributed by atoms with Gasteiger partial charge in [-0.2, -0.15) is 9.78 Å². The van der Waals surface area contributed by atoms with Crippen molar-refractivity contribution in [1.29, 1.82) is 0 Å². The predicted octanol–water partition coefficient (Wildman–Crippen LogP) is 6.32.